The lowest BCUT2D eigenvalue weighted by molar-refractivity contribution is 0.0971. The Bertz CT molecular complexity index is 352. The van der Waals surface area contributed by atoms with Crippen molar-refractivity contribution in [1.82, 2.24) is 0 Å². The highest BCUT2D eigenvalue weighted by Crippen LogP contribution is 2.26. The van der Waals surface area contributed by atoms with Crippen molar-refractivity contribution in [1.29, 1.82) is 0 Å². The highest BCUT2D eigenvalue weighted by Gasteiger charge is 2.23. The molecule has 0 atom stereocenters. The maximum absolute atomic E-state index is 11.6. The predicted octanol–water partition coefficient (Wildman–Crippen LogP) is 2.18. The standard InChI is InChI=1S/C13H16O3/c14-9-1-2-13(15)10-3-5-11(6-4-10)16-12-7-8-12/h3-6,12,14H,1-2,7-9H2. The minimum Gasteiger partial charge on any atom is -0.490 e. The third-order valence-electron chi connectivity index (χ3n) is 2.57. The zero-order valence-electron chi connectivity index (χ0n) is 9.19. The van der Waals surface area contributed by atoms with Crippen molar-refractivity contribution >= 4 is 5.78 Å². The molecule has 0 spiro atoms. The van der Waals surface area contributed by atoms with Crippen molar-refractivity contribution in [3.8, 4) is 5.75 Å². The lowest BCUT2D eigenvalue weighted by Crippen LogP contribution is -2.01. The number of carbonyl (C=O) groups is 1. The van der Waals surface area contributed by atoms with Gasteiger partial charge in [0.25, 0.3) is 0 Å². The quantitative estimate of drug-likeness (QED) is 0.747. The normalized spacial score (nSPS) is 14.8. The third kappa shape index (κ3) is 3.07. The summed E-state index contributed by atoms with van der Waals surface area (Å²) in [6, 6.07) is 7.25. The van der Waals surface area contributed by atoms with Gasteiger partial charge in [0, 0.05) is 18.6 Å². The molecule has 3 nitrogen and oxygen atoms in total. The number of ether oxygens (including phenoxy) is 1. The summed E-state index contributed by atoms with van der Waals surface area (Å²) in [7, 11) is 0. The summed E-state index contributed by atoms with van der Waals surface area (Å²) in [5.41, 5.74) is 0.691. The van der Waals surface area contributed by atoms with Crippen molar-refractivity contribution in [2.24, 2.45) is 0 Å². The molecule has 1 N–H and O–H groups in total. The number of aliphatic hydroxyl groups is 1. The summed E-state index contributed by atoms with van der Waals surface area (Å²) in [6.45, 7) is 0.0641. The molecule has 1 saturated carbocycles. The summed E-state index contributed by atoms with van der Waals surface area (Å²) in [5.74, 6) is 0.910. The second-order valence-electron chi connectivity index (χ2n) is 4.09. The first kappa shape index (κ1) is 11.1. The number of benzene rings is 1. The maximum Gasteiger partial charge on any atom is 0.162 e. The van der Waals surface area contributed by atoms with Gasteiger partial charge in [-0.15, -0.1) is 0 Å². The molecule has 0 saturated heterocycles. The minimum absolute atomic E-state index is 0.0641. The monoisotopic (exact) mass is 220 g/mol. The molecule has 3 heteroatoms. The van der Waals surface area contributed by atoms with Crippen molar-refractivity contribution in [2.45, 2.75) is 31.8 Å². The molecule has 1 aliphatic carbocycles. The molecule has 0 radical (unpaired) electrons. The van der Waals surface area contributed by atoms with E-state index in [1.54, 1.807) is 12.1 Å². The molecule has 0 unspecified atom stereocenters. The fourth-order valence-electron chi connectivity index (χ4n) is 1.48. The molecule has 1 aromatic carbocycles. The first-order valence-electron chi connectivity index (χ1n) is 5.70. The summed E-state index contributed by atoms with van der Waals surface area (Å²) in [6.07, 6.45) is 3.59. The molecule has 0 bridgehead atoms. The maximum atomic E-state index is 11.6. The van der Waals surface area contributed by atoms with Crippen LogP contribution in [0.3, 0.4) is 0 Å². The fraction of sp³-hybridized carbons (Fsp3) is 0.462. The fourth-order valence-corrected chi connectivity index (χ4v) is 1.48. The summed E-state index contributed by atoms with van der Waals surface area (Å²) < 4.78 is 5.59. The Morgan fingerprint density at radius 3 is 2.56 bits per heavy atom. The van der Waals surface area contributed by atoms with Gasteiger partial charge in [-0.1, -0.05) is 0 Å². The third-order valence-corrected chi connectivity index (χ3v) is 2.57. The Morgan fingerprint density at radius 2 is 2.00 bits per heavy atom. The average molecular weight is 220 g/mol. The van der Waals surface area contributed by atoms with E-state index in [1.807, 2.05) is 12.1 Å². The van der Waals surface area contributed by atoms with Crippen LogP contribution in [0.1, 0.15) is 36.0 Å². The van der Waals surface area contributed by atoms with E-state index in [0.717, 1.165) is 18.6 Å². The molecule has 1 aromatic rings. The van der Waals surface area contributed by atoms with E-state index < -0.39 is 0 Å². The lowest BCUT2D eigenvalue weighted by atomic mass is 10.1. The molecule has 2 rings (SSSR count). The van der Waals surface area contributed by atoms with Gasteiger partial charge in [-0.3, -0.25) is 4.79 Å². The molecular weight excluding hydrogens is 204 g/mol. The number of carbonyl (C=O) groups excluding carboxylic acids is 1. The number of rotatable bonds is 6. The molecule has 0 aromatic heterocycles. The van der Waals surface area contributed by atoms with Crippen LogP contribution in [0.25, 0.3) is 0 Å². The van der Waals surface area contributed by atoms with Gasteiger partial charge in [-0.05, 0) is 43.5 Å². The number of Topliss-reactive ketones (excluding diaryl/α,β-unsaturated/α-hetero) is 1. The Balaban J connectivity index is 1.92. The van der Waals surface area contributed by atoms with Gasteiger partial charge >= 0.3 is 0 Å². The van der Waals surface area contributed by atoms with Crippen LogP contribution < -0.4 is 4.74 Å². The van der Waals surface area contributed by atoms with Crippen molar-refractivity contribution in [2.75, 3.05) is 6.61 Å². The van der Waals surface area contributed by atoms with E-state index in [4.69, 9.17) is 9.84 Å². The van der Waals surface area contributed by atoms with E-state index >= 15 is 0 Å². The van der Waals surface area contributed by atoms with Crippen LogP contribution in [0.4, 0.5) is 0 Å². The zero-order chi connectivity index (χ0) is 11.4. The van der Waals surface area contributed by atoms with Gasteiger partial charge in [-0.2, -0.15) is 0 Å². The first-order valence-corrected chi connectivity index (χ1v) is 5.70. The van der Waals surface area contributed by atoms with Gasteiger partial charge < -0.3 is 9.84 Å². The van der Waals surface area contributed by atoms with E-state index in [-0.39, 0.29) is 12.4 Å². The smallest absolute Gasteiger partial charge is 0.162 e. The highest BCUT2D eigenvalue weighted by molar-refractivity contribution is 5.96. The highest BCUT2D eigenvalue weighted by atomic mass is 16.5. The van der Waals surface area contributed by atoms with Gasteiger partial charge in [0.15, 0.2) is 5.78 Å². The zero-order valence-corrected chi connectivity index (χ0v) is 9.19. The Hall–Kier alpha value is -1.35. The molecule has 0 aliphatic heterocycles. The van der Waals surface area contributed by atoms with E-state index in [0.29, 0.717) is 24.5 Å². The summed E-state index contributed by atoms with van der Waals surface area (Å²) >= 11 is 0. The van der Waals surface area contributed by atoms with Crippen molar-refractivity contribution in [3.05, 3.63) is 29.8 Å². The molecular formula is C13H16O3. The van der Waals surface area contributed by atoms with Crippen LogP contribution in [0.15, 0.2) is 24.3 Å². The van der Waals surface area contributed by atoms with E-state index in [9.17, 15) is 4.79 Å². The largest absolute Gasteiger partial charge is 0.490 e. The van der Waals surface area contributed by atoms with Crippen LogP contribution in [-0.4, -0.2) is 23.6 Å². The Kier molecular flexibility index (Phi) is 3.57. The predicted molar refractivity (Wildman–Crippen MR) is 60.7 cm³/mol. The number of hydrogen-bond acceptors (Lipinski definition) is 3. The number of ketones is 1. The minimum atomic E-state index is 0.0641. The molecule has 16 heavy (non-hydrogen) atoms. The van der Waals surface area contributed by atoms with Gasteiger partial charge in [0.05, 0.1) is 6.10 Å². The van der Waals surface area contributed by atoms with Crippen molar-refractivity contribution in [3.63, 3.8) is 0 Å². The average Bonchev–Trinajstić information content (AvgIpc) is 3.11. The lowest BCUT2D eigenvalue weighted by Gasteiger charge is -2.05. The van der Waals surface area contributed by atoms with Crippen LogP contribution in [0.2, 0.25) is 0 Å². The molecule has 1 fully saturated rings. The first-order chi connectivity index (χ1) is 7.79. The van der Waals surface area contributed by atoms with E-state index in [1.165, 1.54) is 0 Å². The molecule has 0 amide bonds. The SMILES string of the molecule is O=C(CCCO)c1ccc(OC2CC2)cc1. The Morgan fingerprint density at radius 1 is 1.31 bits per heavy atom. The van der Waals surface area contributed by atoms with Gasteiger partial charge in [0.2, 0.25) is 0 Å². The second kappa shape index (κ2) is 5.12. The van der Waals surface area contributed by atoms with Gasteiger partial charge in [-0.25, -0.2) is 0 Å². The van der Waals surface area contributed by atoms with Crippen LogP contribution in [0.5, 0.6) is 5.75 Å². The number of hydrogen-bond donors (Lipinski definition) is 1. The molecule has 1 aliphatic rings. The van der Waals surface area contributed by atoms with Crippen LogP contribution >= 0.6 is 0 Å². The van der Waals surface area contributed by atoms with Crippen molar-refractivity contribution < 1.29 is 14.6 Å². The summed E-state index contributed by atoms with van der Waals surface area (Å²) in [5, 5.41) is 8.64. The second-order valence-corrected chi connectivity index (χ2v) is 4.09. The Labute approximate surface area is 95.0 Å². The molecule has 0 heterocycles. The molecule has 86 valence electrons. The van der Waals surface area contributed by atoms with Crippen LogP contribution in [-0.2, 0) is 0 Å². The summed E-state index contributed by atoms with van der Waals surface area (Å²) in [4.78, 5) is 11.6. The number of aliphatic hydroxyl groups excluding tert-OH is 1. The van der Waals surface area contributed by atoms with E-state index in [2.05, 4.69) is 0 Å². The van der Waals surface area contributed by atoms with Crippen LogP contribution in [0, 0.1) is 0 Å². The van der Waals surface area contributed by atoms with Gasteiger partial charge in [0.1, 0.15) is 5.75 Å². The topological polar surface area (TPSA) is 46.5 Å².